The minimum absolute atomic E-state index is 0.0159. The molecule has 5 atom stereocenters. The van der Waals surface area contributed by atoms with Crippen LogP contribution < -0.4 is 27.4 Å². The number of esters is 1. The number of benzene rings is 2. The molecule has 12 heteroatoms. The molecule has 0 aromatic heterocycles. The van der Waals surface area contributed by atoms with Gasteiger partial charge in [-0.3, -0.25) is 19.2 Å². The minimum Gasteiger partial charge on any atom is -0.468 e. The van der Waals surface area contributed by atoms with E-state index >= 15 is 0 Å². The van der Waals surface area contributed by atoms with Gasteiger partial charge in [0.2, 0.25) is 17.7 Å². The number of ether oxygens (including phenoxy) is 1. The number of fused-ring (bicyclic) bond motifs is 1. The molecule has 0 aliphatic carbocycles. The zero-order valence-corrected chi connectivity index (χ0v) is 29.6. The highest BCUT2D eigenvalue weighted by molar-refractivity contribution is 5.95. The summed E-state index contributed by atoms with van der Waals surface area (Å²) in [4.78, 5) is 69.2. The van der Waals surface area contributed by atoms with Crippen LogP contribution >= 0.6 is 0 Å². The first-order valence-corrected chi connectivity index (χ1v) is 17.8. The zero-order valence-electron chi connectivity index (χ0n) is 29.6. The van der Waals surface area contributed by atoms with E-state index in [2.05, 4.69) is 16.0 Å². The Morgan fingerprint density at radius 1 is 0.980 bits per heavy atom. The molecule has 2 aliphatic heterocycles. The number of hydrogen-bond donors (Lipinski definition) is 5. The quantitative estimate of drug-likeness (QED) is 0.122. The lowest BCUT2D eigenvalue weighted by Gasteiger charge is -2.29. The average Bonchev–Trinajstić information content (AvgIpc) is 3.52. The third-order valence-electron chi connectivity index (χ3n) is 9.73. The first-order valence-electron chi connectivity index (χ1n) is 17.8. The van der Waals surface area contributed by atoms with Crippen LogP contribution in [0.15, 0.2) is 54.6 Å². The van der Waals surface area contributed by atoms with Crippen molar-refractivity contribution in [3.8, 4) is 0 Å². The van der Waals surface area contributed by atoms with E-state index in [1.807, 2.05) is 68.4 Å². The van der Waals surface area contributed by atoms with Gasteiger partial charge in [-0.15, -0.1) is 0 Å². The Kier molecular flexibility index (Phi) is 14.1. The Morgan fingerprint density at radius 2 is 1.68 bits per heavy atom. The largest absolute Gasteiger partial charge is 0.468 e. The molecule has 2 heterocycles. The molecule has 272 valence electrons. The predicted octanol–water partition coefficient (Wildman–Crippen LogP) is 1.77. The molecule has 7 N–H and O–H groups in total. The fraction of sp³-hybridized carbons (Fsp3) is 0.553. The van der Waals surface area contributed by atoms with Crippen LogP contribution in [0.25, 0.3) is 0 Å². The molecule has 0 radical (unpaired) electrons. The maximum atomic E-state index is 14.1. The number of carbonyl (C=O) groups is 5. The molecule has 1 unspecified atom stereocenters. The number of likely N-dealkylation sites (tertiary alicyclic amines) is 1. The normalized spacial score (nSPS) is 20.4. The summed E-state index contributed by atoms with van der Waals surface area (Å²) in [6, 6.07) is 15.2. The van der Waals surface area contributed by atoms with Crippen LogP contribution in [0.5, 0.6) is 0 Å². The number of amides is 3. The van der Waals surface area contributed by atoms with Crippen molar-refractivity contribution in [1.82, 2.24) is 20.9 Å². The van der Waals surface area contributed by atoms with Crippen LogP contribution in [0.4, 0.5) is 0 Å². The van der Waals surface area contributed by atoms with E-state index in [1.54, 1.807) is 0 Å². The van der Waals surface area contributed by atoms with Crippen molar-refractivity contribution in [2.75, 3.05) is 26.7 Å². The standard InChI is InChI=1S/C38H54N6O6/c1-25(2)19-29(34(46)42-30(15-9-10-17-39)36(48)44-18-16-38(40,24-44)37(49)50-3)22-33(45)31(20-26-11-5-4-6-12-26)43-35(47)32-21-27-13-7-8-14-28(27)23-41-32/h4-8,11-14,25,29-32,41H,9-10,15-24,39-40H2,1-3H3,(H,42,46)(H,43,47)/t29-,30+,31+,32+,38?/m0/s1. The van der Waals surface area contributed by atoms with Crippen LogP contribution in [0.2, 0.25) is 0 Å². The highest BCUT2D eigenvalue weighted by Crippen LogP contribution is 2.24. The van der Waals surface area contributed by atoms with Gasteiger partial charge in [0.25, 0.3) is 0 Å². The number of Topliss-reactive ketones (excluding diaryl/α,β-unsaturated/α-hetero) is 1. The van der Waals surface area contributed by atoms with Crippen molar-refractivity contribution >= 4 is 29.5 Å². The molecule has 0 bridgehead atoms. The van der Waals surface area contributed by atoms with E-state index in [9.17, 15) is 24.0 Å². The van der Waals surface area contributed by atoms with Gasteiger partial charge in [0.1, 0.15) is 11.6 Å². The second kappa shape index (κ2) is 18.2. The van der Waals surface area contributed by atoms with Crippen molar-refractivity contribution in [2.24, 2.45) is 23.3 Å². The number of carbonyl (C=O) groups excluding carboxylic acids is 5. The first-order chi connectivity index (χ1) is 23.9. The van der Waals surface area contributed by atoms with E-state index < -0.39 is 41.5 Å². The van der Waals surface area contributed by atoms with Crippen molar-refractivity contribution in [2.45, 2.75) is 95.4 Å². The lowest BCUT2D eigenvalue weighted by molar-refractivity contribution is -0.147. The van der Waals surface area contributed by atoms with Crippen molar-refractivity contribution in [3.63, 3.8) is 0 Å². The number of nitrogens with one attached hydrogen (secondary N) is 3. The molecule has 2 aliphatic rings. The summed E-state index contributed by atoms with van der Waals surface area (Å²) in [5.41, 5.74) is 13.8. The molecule has 0 spiro atoms. The Labute approximate surface area is 295 Å². The summed E-state index contributed by atoms with van der Waals surface area (Å²) in [5.74, 6) is -2.50. The third-order valence-corrected chi connectivity index (χ3v) is 9.73. The van der Waals surface area contributed by atoms with Gasteiger partial charge in [0, 0.05) is 32.0 Å². The molecule has 1 saturated heterocycles. The number of methoxy groups -OCH3 is 1. The molecule has 2 aromatic carbocycles. The third kappa shape index (κ3) is 10.4. The van der Waals surface area contributed by atoms with Gasteiger partial charge in [-0.05, 0) is 74.1 Å². The second-order valence-electron chi connectivity index (χ2n) is 14.2. The number of nitrogens with zero attached hydrogens (tertiary/aromatic N) is 1. The van der Waals surface area contributed by atoms with Crippen molar-refractivity contribution < 1.29 is 28.7 Å². The highest BCUT2D eigenvalue weighted by Gasteiger charge is 2.45. The van der Waals surface area contributed by atoms with Crippen molar-refractivity contribution in [3.05, 3.63) is 71.3 Å². The van der Waals surface area contributed by atoms with E-state index in [1.165, 1.54) is 12.0 Å². The van der Waals surface area contributed by atoms with Crippen LogP contribution in [0.3, 0.4) is 0 Å². The number of hydrogen-bond acceptors (Lipinski definition) is 9. The predicted molar refractivity (Wildman–Crippen MR) is 190 cm³/mol. The smallest absolute Gasteiger partial charge is 0.327 e. The van der Waals surface area contributed by atoms with Gasteiger partial charge in [0.05, 0.1) is 19.2 Å². The summed E-state index contributed by atoms with van der Waals surface area (Å²) >= 11 is 0. The molecule has 4 rings (SSSR count). The van der Waals surface area contributed by atoms with Crippen LogP contribution in [-0.2, 0) is 48.1 Å². The number of ketones is 1. The van der Waals surface area contributed by atoms with E-state index in [0.717, 1.165) is 16.7 Å². The number of unbranched alkanes of at least 4 members (excludes halogenated alkanes) is 1. The molecule has 3 amide bonds. The molecule has 1 fully saturated rings. The van der Waals surface area contributed by atoms with Crippen LogP contribution in [-0.4, -0.2) is 84.8 Å². The topological polar surface area (TPSA) is 186 Å². The molecule has 0 saturated carbocycles. The molecule has 12 nitrogen and oxygen atoms in total. The minimum atomic E-state index is -1.31. The molecular formula is C38H54N6O6. The zero-order chi connectivity index (χ0) is 36.3. The first kappa shape index (κ1) is 38.7. The molecule has 2 aromatic rings. The maximum absolute atomic E-state index is 14.1. The summed E-state index contributed by atoms with van der Waals surface area (Å²) in [7, 11) is 1.26. The molecule has 50 heavy (non-hydrogen) atoms. The van der Waals surface area contributed by atoms with Crippen LogP contribution in [0.1, 0.15) is 69.1 Å². The fourth-order valence-electron chi connectivity index (χ4n) is 6.90. The van der Waals surface area contributed by atoms with Gasteiger partial charge in [-0.25, -0.2) is 4.79 Å². The highest BCUT2D eigenvalue weighted by atomic mass is 16.5. The van der Waals surface area contributed by atoms with Crippen molar-refractivity contribution in [1.29, 1.82) is 0 Å². The SMILES string of the molecule is COC(=O)C1(N)CCN(C(=O)[C@@H](CCCCN)NC(=O)[C@H](CC(=O)[C@@H](Cc2ccccc2)NC(=O)[C@H]2Cc3ccccc3CN2)CC(C)C)C1. The average molecular weight is 691 g/mol. The Balaban J connectivity index is 1.49. The van der Waals surface area contributed by atoms with Gasteiger partial charge < -0.3 is 37.1 Å². The fourth-order valence-corrected chi connectivity index (χ4v) is 6.90. The Hall–Kier alpha value is -4.13. The molecular weight excluding hydrogens is 636 g/mol. The second-order valence-corrected chi connectivity index (χ2v) is 14.2. The van der Waals surface area contributed by atoms with E-state index in [-0.39, 0.29) is 55.9 Å². The van der Waals surface area contributed by atoms with E-state index in [0.29, 0.717) is 45.2 Å². The summed E-state index contributed by atoms with van der Waals surface area (Å²) < 4.78 is 4.86. The summed E-state index contributed by atoms with van der Waals surface area (Å²) in [6.45, 7) is 5.18. The summed E-state index contributed by atoms with van der Waals surface area (Å²) in [6.07, 6.45) is 2.95. The monoisotopic (exact) mass is 690 g/mol. The lowest BCUT2D eigenvalue weighted by Crippen LogP contribution is -2.54. The lowest BCUT2D eigenvalue weighted by atomic mass is 9.88. The Morgan fingerprint density at radius 3 is 2.36 bits per heavy atom. The van der Waals surface area contributed by atoms with Crippen LogP contribution in [0, 0.1) is 11.8 Å². The van der Waals surface area contributed by atoms with E-state index in [4.69, 9.17) is 16.2 Å². The van der Waals surface area contributed by atoms with Gasteiger partial charge in [0.15, 0.2) is 5.78 Å². The number of rotatable bonds is 17. The Bertz CT molecular complexity index is 1490. The van der Waals surface area contributed by atoms with Gasteiger partial charge in [-0.1, -0.05) is 68.4 Å². The number of nitrogens with two attached hydrogens (primary N) is 2. The maximum Gasteiger partial charge on any atom is 0.327 e. The van der Waals surface area contributed by atoms with Gasteiger partial charge in [-0.2, -0.15) is 0 Å². The summed E-state index contributed by atoms with van der Waals surface area (Å²) in [5, 5.41) is 9.25. The van der Waals surface area contributed by atoms with Gasteiger partial charge >= 0.3 is 5.97 Å².